The summed E-state index contributed by atoms with van der Waals surface area (Å²) in [5.74, 6) is -0.640. The van der Waals surface area contributed by atoms with Crippen molar-refractivity contribution in [1.82, 2.24) is 10.2 Å². The average molecular weight is 392 g/mol. The number of rotatable bonds is 4. The number of amides is 3. The average Bonchev–Trinajstić information content (AvgIpc) is 3.12. The van der Waals surface area contributed by atoms with E-state index in [1.54, 1.807) is 6.92 Å². The minimum Gasteiger partial charge on any atom is -0.319 e. The third-order valence-corrected chi connectivity index (χ3v) is 6.21. The predicted octanol–water partition coefficient (Wildman–Crippen LogP) is 4.17. The quantitative estimate of drug-likeness (QED) is 0.535. The SMILES string of the molecule is Cc1cc(C(=O)CN2C(=O)N[C@](C)(c3ccc4ccccc4c3)C2=O)c(C)s1. The van der Waals surface area contributed by atoms with E-state index in [0.29, 0.717) is 11.1 Å². The molecule has 28 heavy (non-hydrogen) atoms. The lowest BCUT2D eigenvalue weighted by molar-refractivity contribution is -0.130. The van der Waals surface area contributed by atoms with Crippen LogP contribution in [-0.2, 0) is 10.3 Å². The zero-order valence-corrected chi connectivity index (χ0v) is 16.7. The van der Waals surface area contributed by atoms with Crippen LogP contribution >= 0.6 is 11.3 Å². The molecule has 1 N–H and O–H groups in total. The van der Waals surface area contributed by atoms with Crippen LogP contribution in [0.4, 0.5) is 4.79 Å². The number of hydrogen-bond acceptors (Lipinski definition) is 4. The lowest BCUT2D eigenvalue weighted by Gasteiger charge is -2.22. The summed E-state index contributed by atoms with van der Waals surface area (Å²) in [6.07, 6.45) is 0. The summed E-state index contributed by atoms with van der Waals surface area (Å²) in [4.78, 5) is 41.3. The smallest absolute Gasteiger partial charge is 0.319 e. The van der Waals surface area contributed by atoms with Gasteiger partial charge in [-0.25, -0.2) is 4.79 Å². The van der Waals surface area contributed by atoms with Crippen molar-refractivity contribution in [2.24, 2.45) is 0 Å². The summed E-state index contributed by atoms with van der Waals surface area (Å²) in [5, 5.41) is 4.82. The Hall–Kier alpha value is -2.99. The molecule has 1 saturated heterocycles. The molecule has 2 aromatic carbocycles. The first kappa shape index (κ1) is 18.4. The Bertz CT molecular complexity index is 1130. The largest absolute Gasteiger partial charge is 0.325 e. The maximum Gasteiger partial charge on any atom is 0.325 e. The van der Waals surface area contributed by atoms with E-state index in [2.05, 4.69) is 5.32 Å². The Kier molecular flexibility index (Phi) is 4.31. The van der Waals surface area contributed by atoms with Crippen molar-refractivity contribution in [3.63, 3.8) is 0 Å². The Morgan fingerprint density at radius 3 is 2.46 bits per heavy atom. The van der Waals surface area contributed by atoms with E-state index in [-0.39, 0.29) is 12.3 Å². The van der Waals surface area contributed by atoms with Gasteiger partial charge in [-0.1, -0.05) is 36.4 Å². The van der Waals surface area contributed by atoms with Crippen molar-refractivity contribution in [2.75, 3.05) is 6.54 Å². The van der Waals surface area contributed by atoms with Crippen LogP contribution in [0.15, 0.2) is 48.5 Å². The third kappa shape index (κ3) is 2.90. The van der Waals surface area contributed by atoms with Crippen molar-refractivity contribution in [3.05, 3.63) is 69.4 Å². The maximum atomic E-state index is 13.1. The summed E-state index contributed by atoms with van der Waals surface area (Å²) < 4.78 is 0. The molecule has 0 aliphatic carbocycles. The van der Waals surface area contributed by atoms with Crippen LogP contribution in [0, 0.1) is 13.8 Å². The molecule has 1 fully saturated rings. The van der Waals surface area contributed by atoms with Gasteiger partial charge in [-0.3, -0.25) is 14.5 Å². The van der Waals surface area contributed by atoms with Crippen LogP contribution in [0.2, 0.25) is 0 Å². The van der Waals surface area contributed by atoms with Crippen molar-refractivity contribution in [3.8, 4) is 0 Å². The molecule has 2 heterocycles. The molecule has 5 nitrogen and oxygen atoms in total. The number of thiophene rings is 1. The molecule has 142 valence electrons. The number of nitrogens with zero attached hydrogens (tertiary/aromatic N) is 1. The van der Waals surface area contributed by atoms with E-state index < -0.39 is 17.5 Å². The summed E-state index contributed by atoms with van der Waals surface area (Å²) >= 11 is 1.53. The summed E-state index contributed by atoms with van der Waals surface area (Å²) in [5.41, 5.74) is 0.0746. The number of carbonyl (C=O) groups is 3. The number of fused-ring (bicyclic) bond motifs is 1. The van der Waals surface area contributed by atoms with Crippen LogP contribution in [0.5, 0.6) is 0 Å². The molecular weight excluding hydrogens is 372 g/mol. The van der Waals surface area contributed by atoms with Crippen LogP contribution in [-0.4, -0.2) is 29.2 Å². The number of imide groups is 1. The van der Waals surface area contributed by atoms with Gasteiger partial charge in [0.05, 0.1) is 6.54 Å². The normalized spacial score (nSPS) is 19.3. The minimum absolute atomic E-state index is 0.229. The minimum atomic E-state index is -1.19. The number of nitrogens with one attached hydrogen (secondary N) is 1. The van der Waals surface area contributed by atoms with Gasteiger partial charge in [0, 0.05) is 15.3 Å². The number of ketones is 1. The first-order chi connectivity index (χ1) is 13.3. The summed E-state index contributed by atoms with van der Waals surface area (Å²) in [6, 6.07) is 14.8. The number of benzene rings is 2. The monoisotopic (exact) mass is 392 g/mol. The Morgan fingerprint density at radius 2 is 1.79 bits per heavy atom. The number of carbonyl (C=O) groups excluding carboxylic acids is 3. The van der Waals surface area contributed by atoms with Crippen molar-refractivity contribution >= 4 is 39.8 Å². The molecule has 1 aliphatic rings. The second kappa shape index (κ2) is 6.56. The highest BCUT2D eigenvalue weighted by molar-refractivity contribution is 7.12. The standard InChI is InChI=1S/C22H20N2O3S/c1-13-10-18(14(2)28-13)19(25)12-24-20(26)22(3,23-21(24)27)17-9-8-15-6-4-5-7-16(15)11-17/h4-11H,12H2,1-3H3,(H,23,27)/t22-/m1/s1. The molecular formula is C22H20N2O3S. The van der Waals surface area contributed by atoms with Gasteiger partial charge in [0.25, 0.3) is 5.91 Å². The van der Waals surface area contributed by atoms with E-state index in [9.17, 15) is 14.4 Å². The number of hydrogen-bond donors (Lipinski definition) is 1. The Labute approximate surface area is 167 Å². The number of aryl methyl sites for hydroxylation is 2. The molecule has 1 atom stereocenters. The Morgan fingerprint density at radius 1 is 1.07 bits per heavy atom. The molecule has 6 heteroatoms. The molecule has 0 unspecified atom stereocenters. The van der Waals surface area contributed by atoms with Gasteiger partial charge in [-0.05, 0) is 49.2 Å². The highest BCUT2D eigenvalue weighted by Crippen LogP contribution is 2.31. The summed E-state index contributed by atoms with van der Waals surface area (Å²) in [6.45, 7) is 5.22. The fourth-order valence-electron chi connectivity index (χ4n) is 3.67. The van der Waals surface area contributed by atoms with Gasteiger partial charge in [0.15, 0.2) is 5.78 Å². The molecule has 0 radical (unpaired) electrons. The molecule has 0 spiro atoms. The maximum absolute atomic E-state index is 13.1. The van der Waals surface area contributed by atoms with E-state index in [1.807, 2.05) is 62.4 Å². The zero-order chi connectivity index (χ0) is 20.1. The van der Waals surface area contributed by atoms with Crippen LogP contribution < -0.4 is 5.32 Å². The van der Waals surface area contributed by atoms with E-state index in [1.165, 1.54) is 11.3 Å². The fourth-order valence-corrected chi connectivity index (χ4v) is 4.62. The molecule has 3 amide bonds. The van der Waals surface area contributed by atoms with Gasteiger partial charge in [-0.15, -0.1) is 11.3 Å². The highest BCUT2D eigenvalue weighted by atomic mass is 32.1. The first-order valence-electron chi connectivity index (χ1n) is 9.03. The van der Waals surface area contributed by atoms with Crippen molar-refractivity contribution in [2.45, 2.75) is 26.3 Å². The molecule has 0 bridgehead atoms. The van der Waals surface area contributed by atoms with E-state index >= 15 is 0 Å². The predicted molar refractivity (Wildman–Crippen MR) is 110 cm³/mol. The first-order valence-corrected chi connectivity index (χ1v) is 9.85. The second-order valence-corrected chi connectivity index (χ2v) is 8.72. The zero-order valence-electron chi connectivity index (χ0n) is 15.9. The van der Waals surface area contributed by atoms with Crippen LogP contribution in [0.1, 0.15) is 32.6 Å². The summed E-state index contributed by atoms with van der Waals surface area (Å²) in [7, 11) is 0. The van der Waals surface area contributed by atoms with Gasteiger partial charge < -0.3 is 5.32 Å². The van der Waals surface area contributed by atoms with Crippen LogP contribution in [0.25, 0.3) is 10.8 Å². The van der Waals surface area contributed by atoms with Crippen molar-refractivity contribution < 1.29 is 14.4 Å². The molecule has 0 saturated carbocycles. The molecule has 4 rings (SSSR count). The lowest BCUT2D eigenvalue weighted by atomic mass is 9.90. The third-order valence-electron chi connectivity index (χ3n) is 5.24. The van der Waals surface area contributed by atoms with Gasteiger partial charge in [0.2, 0.25) is 0 Å². The topological polar surface area (TPSA) is 66.5 Å². The Balaban J connectivity index is 1.63. The van der Waals surface area contributed by atoms with E-state index in [4.69, 9.17) is 0 Å². The lowest BCUT2D eigenvalue weighted by Crippen LogP contribution is -2.41. The molecule has 3 aromatic rings. The second-order valence-electron chi connectivity index (χ2n) is 7.26. The van der Waals surface area contributed by atoms with Crippen molar-refractivity contribution in [1.29, 1.82) is 0 Å². The van der Waals surface area contributed by atoms with Gasteiger partial charge in [-0.2, -0.15) is 0 Å². The molecule has 1 aliphatic heterocycles. The number of Topliss-reactive ketones (excluding diaryl/α,β-unsaturated/α-hetero) is 1. The van der Waals surface area contributed by atoms with Gasteiger partial charge >= 0.3 is 6.03 Å². The number of urea groups is 1. The van der Waals surface area contributed by atoms with Gasteiger partial charge in [0.1, 0.15) is 5.54 Å². The van der Waals surface area contributed by atoms with E-state index in [0.717, 1.165) is 25.4 Å². The fraction of sp³-hybridized carbons (Fsp3) is 0.227. The molecule has 1 aromatic heterocycles. The highest BCUT2D eigenvalue weighted by Gasteiger charge is 2.49. The van der Waals surface area contributed by atoms with Crippen LogP contribution in [0.3, 0.4) is 0 Å².